The van der Waals surface area contributed by atoms with Crippen molar-refractivity contribution >= 4 is 15.7 Å². The van der Waals surface area contributed by atoms with E-state index in [1.165, 1.54) is 16.4 Å². The van der Waals surface area contributed by atoms with E-state index in [1.54, 1.807) is 6.07 Å². The maximum atomic E-state index is 13.3. The maximum absolute atomic E-state index is 13.3. The fourth-order valence-corrected chi connectivity index (χ4v) is 4.42. The molecule has 22 heavy (non-hydrogen) atoms. The predicted octanol–water partition coefficient (Wildman–Crippen LogP) is 3.15. The zero-order chi connectivity index (χ0) is 15.6. The third-order valence-corrected chi connectivity index (χ3v) is 5.72. The second-order valence-electron chi connectivity index (χ2n) is 5.50. The van der Waals surface area contributed by atoms with E-state index in [0.29, 0.717) is 18.7 Å². The first-order chi connectivity index (χ1) is 10.6. The van der Waals surface area contributed by atoms with Crippen LogP contribution in [0.15, 0.2) is 48.5 Å². The standard InChI is InChI=1S/C17H18FNO2S/c18-16-8-9-17-15(13-16)7-4-11-19(17)22(20,21)12-10-14-5-2-1-3-6-14/h1-3,5-6,8-9,13H,4,7,10-12H2. The molecular formula is C17H18FNO2S. The Hall–Kier alpha value is -1.88. The quantitative estimate of drug-likeness (QED) is 0.868. The Labute approximate surface area is 130 Å². The number of benzene rings is 2. The number of rotatable bonds is 4. The summed E-state index contributed by atoms with van der Waals surface area (Å²) in [7, 11) is -3.40. The summed E-state index contributed by atoms with van der Waals surface area (Å²) in [5.41, 5.74) is 2.40. The van der Waals surface area contributed by atoms with Crippen molar-refractivity contribution in [3.05, 3.63) is 65.5 Å². The molecule has 0 N–H and O–H groups in total. The molecule has 0 fully saturated rings. The van der Waals surface area contributed by atoms with E-state index in [0.717, 1.165) is 24.0 Å². The highest BCUT2D eigenvalue weighted by Gasteiger charge is 2.27. The number of halogens is 1. The second kappa shape index (κ2) is 6.08. The van der Waals surface area contributed by atoms with Crippen molar-refractivity contribution < 1.29 is 12.8 Å². The Morgan fingerprint density at radius 2 is 1.86 bits per heavy atom. The van der Waals surface area contributed by atoms with E-state index >= 15 is 0 Å². The fraction of sp³-hybridized carbons (Fsp3) is 0.294. The zero-order valence-corrected chi connectivity index (χ0v) is 13.0. The zero-order valence-electron chi connectivity index (χ0n) is 12.2. The lowest BCUT2D eigenvalue weighted by atomic mass is 10.0. The van der Waals surface area contributed by atoms with Crippen LogP contribution in [0, 0.1) is 5.82 Å². The van der Waals surface area contributed by atoms with Crippen LogP contribution in [0.25, 0.3) is 0 Å². The monoisotopic (exact) mass is 319 g/mol. The van der Waals surface area contributed by atoms with E-state index in [-0.39, 0.29) is 11.6 Å². The van der Waals surface area contributed by atoms with Crippen molar-refractivity contribution in [3.8, 4) is 0 Å². The lowest BCUT2D eigenvalue weighted by Crippen LogP contribution is -2.37. The van der Waals surface area contributed by atoms with E-state index in [2.05, 4.69) is 0 Å². The summed E-state index contributed by atoms with van der Waals surface area (Å²) in [6.45, 7) is 0.468. The van der Waals surface area contributed by atoms with Crippen molar-refractivity contribution in [1.82, 2.24) is 0 Å². The minimum Gasteiger partial charge on any atom is -0.270 e. The van der Waals surface area contributed by atoms with Crippen LogP contribution in [-0.2, 0) is 22.9 Å². The van der Waals surface area contributed by atoms with Gasteiger partial charge in [0.1, 0.15) is 5.82 Å². The van der Waals surface area contributed by atoms with Crippen LogP contribution in [0.2, 0.25) is 0 Å². The average molecular weight is 319 g/mol. The Morgan fingerprint density at radius 1 is 1.09 bits per heavy atom. The molecule has 2 aromatic carbocycles. The van der Waals surface area contributed by atoms with Crippen molar-refractivity contribution in [1.29, 1.82) is 0 Å². The van der Waals surface area contributed by atoms with E-state index in [4.69, 9.17) is 0 Å². The Bertz CT molecular complexity index is 759. The fourth-order valence-electron chi connectivity index (χ4n) is 2.82. The van der Waals surface area contributed by atoms with Gasteiger partial charge in [-0.25, -0.2) is 12.8 Å². The number of nitrogens with zero attached hydrogens (tertiary/aromatic N) is 1. The van der Waals surface area contributed by atoms with Crippen LogP contribution in [0.4, 0.5) is 10.1 Å². The lowest BCUT2D eigenvalue weighted by molar-refractivity contribution is 0.584. The van der Waals surface area contributed by atoms with Gasteiger partial charge in [0.15, 0.2) is 0 Å². The highest BCUT2D eigenvalue weighted by Crippen LogP contribution is 2.30. The Balaban J connectivity index is 1.82. The lowest BCUT2D eigenvalue weighted by Gasteiger charge is -2.30. The molecule has 0 aromatic heterocycles. The summed E-state index contributed by atoms with van der Waals surface area (Å²) in [4.78, 5) is 0. The molecule has 3 nitrogen and oxygen atoms in total. The van der Waals surface area contributed by atoms with Gasteiger partial charge in [-0.05, 0) is 48.6 Å². The van der Waals surface area contributed by atoms with Gasteiger partial charge >= 0.3 is 0 Å². The summed E-state index contributed by atoms with van der Waals surface area (Å²) in [6.07, 6.45) is 1.93. The van der Waals surface area contributed by atoms with Crippen LogP contribution >= 0.6 is 0 Å². The summed E-state index contributed by atoms with van der Waals surface area (Å²) >= 11 is 0. The molecule has 1 aliphatic heterocycles. The van der Waals surface area contributed by atoms with Crippen molar-refractivity contribution in [2.24, 2.45) is 0 Å². The highest BCUT2D eigenvalue weighted by molar-refractivity contribution is 7.92. The van der Waals surface area contributed by atoms with Gasteiger partial charge in [0.05, 0.1) is 11.4 Å². The molecule has 5 heteroatoms. The molecule has 116 valence electrons. The van der Waals surface area contributed by atoms with Gasteiger partial charge in [0.25, 0.3) is 0 Å². The predicted molar refractivity (Wildman–Crippen MR) is 86.0 cm³/mol. The van der Waals surface area contributed by atoms with E-state index in [1.807, 2.05) is 30.3 Å². The van der Waals surface area contributed by atoms with Crippen molar-refractivity contribution in [3.63, 3.8) is 0 Å². The molecular weight excluding hydrogens is 301 g/mol. The summed E-state index contributed by atoms with van der Waals surface area (Å²) in [5, 5.41) is 0. The number of hydrogen-bond donors (Lipinski definition) is 0. The molecule has 0 amide bonds. The number of anilines is 1. The van der Waals surface area contributed by atoms with Gasteiger partial charge < -0.3 is 0 Å². The molecule has 0 radical (unpaired) electrons. The van der Waals surface area contributed by atoms with Crippen LogP contribution in [0.3, 0.4) is 0 Å². The molecule has 0 aliphatic carbocycles. The highest BCUT2D eigenvalue weighted by atomic mass is 32.2. The average Bonchev–Trinajstić information content (AvgIpc) is 2.53. The Morgan fingerprint density at radius 3 is 2.64 bits per heavy atom. The molecule has 3 rings (SSSR count). The van der Waals surface area contributed by atoms with Gasteiger partial charge in [0.2, 0.25) is 10.0 Å². The molecule has 0 saturated heterocycles. The minimum atomic E-state index is -3.40. The second-order valence-corrected chi connectivity index (χ2v) is 7.51. The number of sulfonamides is 1. The molecule has 0 unspecified atom stereocenters. The van der Waals surface area contributed by atoms with Gasteiger partial charge in [0, 0.05) is 6.54 Å². The molecule has 0 saturated carbocycles. The minimum absolute atomic E-state index is 0.0633. The van der Waals surface area contributed by atoms with Crippen LogP contribution < -0.4 is 4.31 Å². The van der Waals surface area contributed by atoms with Crippen molar-refractivity contribution in [2.75, 3.05) is 16.6 Å². The maximum Gasteiger partial charge on any atom is 0.235 e. The number of hydrogen-bond acceptors (Lipinski definition) is 2. The van der Waals surface area contributed by atoms with Crippen LogP contribution in [0.5, 0.6) is 0 Å². The smallest absolute Gasteiger partial charge is 0.235 e. The summed E-state index contributed by atoms with van der Waals surface area (Å²) in [5.74, 6) is -0.254. The van der Waals surface area contributed by atoms with Gasteiger partial charge in [-0.1, -0.05) is 30.3 Å². The van der Waals surface area contributed by atoms with E-state index in [9.17, 15) is 12.8 Å². The Kier molecular flexibility index (Phi) is 4.16. The molecule has 0 atom stereocenters. The van der Waals surface area contributed by atoms with Crippen LogP contribution in [0.1, 0.15) is 17.5 Å². The normalized spacial score (nSPS) is 14.7. The van der Waals surface area contributed by atoms with E-state index < -0.39 is 10.0 Å². The third kappa shape index (κ3) is 3.14. The summed E-state index contributed by atoms with van der Waals surface area (Å²) in [6, 6.07) is 13.9. The largest absolute Gasteiger partial charge is 0.270 e. The SMILES string of the molecule is O=S(=O)(CCc1ccccc1)N1CCCc2cc(F)ccc21. The first-order valence-electron chi connectivity index (χ1n) is 7.39. The molecule has 1 aliphatic rings. The first-order valence-corrected chi connectivity index (χ1v) is 9.00. The van der Waals surface area contributed by atoms with Gasteiger partial charge in [-0.3, -0.25) is 4.31 Å². The number of aryl methyl sites for hydroxylation is 2. The van der Waals surface area contributed by atoms with Crippen molar-refractivity contribution in [2.45, 2.75) is 19.3 Å². The summed E-state index contributed by atoms with van der Waals surface area (Å²) < 4.78 is 40.0. The van der Waals surface area contributed by atoms with Gasteiger partial charge in [-0.15, -0.1) is 0 Å². The number of fused-ring (bicyclic) bond motifs is 1. The topological polar surface area (TPSA) is 37.4 Å². The van der Waals surface area contributed by atoms with Gasteiger partial charge in [-0.2, -0.15) is 0 Å². The molecule has 2 aromatic rings. The first kappa shape index (κ1) is 15.0. The third-order valence-electron chi connectivity index (χ3n) is 3.94. The molecule has 0 bridgehead atoms. The van der Waals surface area contributed by atoms with Crippen LogP contribution in [-0.4, -0.2) is 20.7 Å². The molecule has 0 spiro atoms. The molecule has 1 heterocycles.